The van der Waals surface area contributed by atoms with Crippen LogP contribution in [-0.2, 0) is 22.5 Å². The van der Waals surface area contributed by atoms with Gasteiger partial charge in [-0.05, 0) is 70.3 Å². The van der Waals surface area contributed by atoms with Crippen molar-refractivity contribution in [2.75, 3.05) is 13.1 Å². The average molecular weight is 387 g/mol. The van der Waals surface area contributed by atoms with E-state index in [0.717, 1.165) is 36.9 Å². The molecule has 0 spiro atoms. The van der Waals surface area contributed by atoms with E-state index in [4.69, 9.17) is 9.15 Å². The number of hydrogen-bond acceptors (Lipinski definition) is 6. The van der Waals surface area contributed by atoms with Crippen LogP contribution in [0.4, 0.5) is 0 Å². The summed E-state index contributed by atoms with van der Waals surface area (Å²) in [5.74, 6) is -0.174. The highest BCUT2D eigenvalue weighted by molar-refractivity contribution is 5.86. The van der Waals surface area contributed by atoms with Gasteiger partial charge in [0.2, 0.25) is 0 Å². The Hall–Kier alpha value is -2.34. The van der Waals surface area contributed by atoms with E-state index in [-0.39, 0.29) is 24.2 Å². The first-order chi connectivity index (χ1) is 13.3. The Morgan fingerprint density at radius 2 is 1.96 bits per heavy atom. The molecule has 1 aliphatic rings. The fourth-order valence-corrected chi connectivity index (χ4v) is 3.80. The van der Waals surface area contributed by atoms with Crippen molar-refractivity contribution in [2.24, 2.45) is 0 Å². The zero-order valence-corrected chi connectivity index (χ0v) is 16.9. The third-order valence-corrected chi connectivity index (χ3v) is 5.19. The molecule has 6 nitrogen and oxygen atoms in total. The summed E-state index contributed by atoms with van der Waals surface area (Å²) in [5.41, 5.74) is 2.14. The molecule has 6 heteroatoms. The van der Waals surface area contributed by atoms with Crippen LogP contribution >= 0.6 is 0 Å². The molecule has 1 N–H and O–H groups in total. The van der Waals surface area contributed by atoms with E-state index in [9.17, 15) is 14.7 Å². The number of aryl methyl sites for hydroxylation is 2. The van der Waals surface area contributed by atoms with Gasteiger partial charge in [-0.1, -0.05) is 6.42 Å². The number of piperidine rings is 1. The Balaban J connectivity index is 1.98. The Labute approximate surface area is 165 Å². The van der Waals surface area contributed by atoms with E-state index < -0.39 is 5.63 Å². The van der Waals surface area contributed by atoms with Gasteiger partial charge < -0.3 is 14.3 Å². The summed E-state index contributed by atoms with van der Waals surface area (Å²) in [5, 5.41) is 11.8. The number of phenols is 1. The van der Waals surface area contributed by atoms with Gasteiger partial charge in [0.25, 0.3) is 0 Å². The van der Waals surface area contributed by atoms with Gasteiger partial charge in [-0.2, -0.15) is 0 Å². The van der Waals surface area contributed by atoms with E-state index in [1.54, 1.807) is 0 Å². The van der Waals surface area contributed by atoms with Gasteiger partial charge in [0, 0.05) is 24.4 Å². The quantitative estimate of drug-likeness (QED) is 0.602. The van der Waals surface area contributed by atoms with E-state index in [2.05, 4.69) is 4.90 Å². The number of rotatable bonds is 6. The monoisotopic (exact) mass is 387 g/mol. The highest BCUT2D eigenvalue weighted by Crippen LogP contribution is 2.34. The van der Waals surface area contributed by atoms with E-state index >= 15 is 0 Å². The van der Waals surface area contributed by atoms with Crippen LogP contribution in [0.25, 0.3) is 11.0 Å². The summed E-state index contributed by atoms with van der Waals surface area (Å²) in [6.07, 6.45) is 3.87. The molecule has 2 heterocycles. The molecule has 0 aliphatic carbocycles. The van der Waals surface area contributed by atoms with Crippen molar-refractivity contribution >= 4 is 16.9 Å². The second-order valence-corrected chi connectivity index (χ2v) is 7.86. The normalized spacial score (nSPS) is 15.3. The van der Waals surface area contributed by atoms with Gasteiger partial charge in [0.15, 0.2) is 0 Å². The number of carbonyl (C=O) groups is 1. The molecule has 1 aliphatic heterocycles. The number of phenolic OH excluding ortho intramolecular Hbond substituents is 1. The molecule has 0 saturated carbocycles. The molecular weight excluding hydrogens is 358 g/mol. The Morgan fingerprint density at radius 1 is 1.25 bits per heavy atom. The van der Waals surface area contributed by atoms with Gasteiger partial charge in [0.05, 0.1) is 11.7 Å². The molecule has 0 unspecified atom stereocenters. The maximum Gasteiger partial charge on any atom is 0.336 e. The molecule has 1 saturated heterocycles. The van der Waals surface area contributed by atoms with Crippen LogP contribution in [-0.4, -0.2) is 35.2 Å². The third-order valence-electron chi connectivity index (χ3n) is 5.19. The van der Waals surface area contributed by atoms with Crippen molar-refractivity contribution in [3.05, 3.63) is 39.2 Å². The van der Waals surface area contributed by atoms with Crippen molar-refractivity contribution < 1.29 is 19.1 Å². The molecule has 0 radical (unpaired) electrons. The Kier molecular flexibility index (Phi) is 6.39. The number of likely N-dealkylation sites (tertiary alicyclic amines) is 1. The van der Waals surface area contributed by atoms with Crippen LogP contribution in [0, 0.1) is 6.92 Å². The number of aromatic hydroxyl groups is 1. The Bertz CT molecular complexity index is 909. The van der Waals surface area contributed by atoms with Crippen LogP contribution in [0.1, 0.15) is 56.2 Å². The number of hydrogen-bond donors (Lipinski definition) is 1. The second-order valence-electron chi connectivity index (χ2n) is 7.86. The van der Waals surface area contributed by atoms with E-state index in [1.807, 2.05) is 26.8 Å². The smallest absolute Gasteiger partial charge is 0.336 e. The molecule has 1 fully saturated rings. The predicted octanol–water partition coefficient (Wildman–Crippen LogP) is 3.68. The summed E-state index contributed by atoms with van der Waals surface area (Å²) in [6, 6.07) is 3.28. The lowest BCUT2D eigenvalue weighted by Gasteiger charge is -2.27. The number of ether oxygens (including phenoxy) is 1. The van der Waals surface area contributed by atoms with Gasteiger partial charge >= 0.3 is 11.6 Å². The SMILES string of the molecule is Cc1cc(=O)oc2c(CN3CCCCC3)c(O)c(CCC(=O)OC(C)C)cc12. The van der Waals surface area contributed by atoms with Gasteiger partial charge in [-0.25, -0.2) is 4.79 Å². The van der Waals surface area contributed by atoms with Gasteiger partial charge in [-0.3, -0.25) is 9.69 Å². The van der Waals surface area contributed by atoms with E-state index in [0.29, 0.717) is 29.7 Å². The lowest BCUT2D eigenvalue weighted by atomic mass is 9.97. The minimum Gasteiger partial charge on any atom is -0.507 e. The van der Waals surface area contributed by atoms with Crippen LogP contribution in [0.15, 0.2) is 21.3 Å². The number of fused-ring (bicyclic) bond motifs is 1. The molecule has 0 atom stereocenters. The molecule has 1 aromatic heterocycles. The van der Waals surface area contributed by atoms with Crippen molar-refractivity contribution in [1.82, 2.24) is 4.90 Å². The topological polar surface area (TPSA) is 80.0 Å². The highest BCUT2D eigenvalue weighted by atomic mass is 16.5. The number of benzene rings is 1. The minimum atomic E-state index is -0.419. The molecule has 2 aromatic rings. The zero-order chi connectivity index (χ0) is 20.3. The fourth-order valence-electron chi connectivity index (χ4n) is 3.80. The number of nitrogens with zero attached hydrogens (tertiary/aromatic N) is 1. The average Bonchev–Trinajstić information content (AvgIpc) is 2.63. The molecule has 0 bridgehead atoms. The van der Waals surface area contributed by atoms with Gasteiger partial charge in [-0.15, -0.1) is 0 Å². The molecule has 1 aromatic carbocycles. The minimum absolute atomic E-state index is 0.115. The van der Waals surface area contributed by atoms with E-state index in [1.165, 1.54) is 12.5 Å². The first-order valence-electron chi connectivity index (χ1n) is 10.0. The van der Waals surface area contributed by atoms with Gasteiger partial charge in [0.1, 0.15) is 11.3 Å². The Morgan fingerprint density at radius 3 is 2.64 bits per heavy atom. The first-order valence-corrected chi connectivity index (χ1v) is 10.0. The predicted molar refractivity (Wildman–Crippen MR) is 108 cm³/mol. The standard InChI is InChI=1S/C22H29NO5/c1-14(2)27-19(24)8-7-16-12-17-15(3)11-20(25)28-22(17)18(21(16)26)13-23-9-5-4-6-10-23/h11-12,14,26H,4-10,13H2,1-3H3. The summed E-state index contributed by atoms with van der Waals surface area (Å²) in [4.78, 5) is 26.2. The summed E-state index contributed by atoms with van der Waals surface area (Å²) in [7, 11) is 0. The molecule has 0 amide bonds. The second kappa shape index (κ2) is 8.78. The maximum atomic E-state index is 11.9. The molecule has 152 valence electrons. The maximum absolute atomic E-state index is 11.9. The molecule has 3 rings (SSSR count). The van der Waals surface area contributed by atoms with Crippen molar-refractivity contribution in [2.45, 2.75) is 65.5 Å². The van der Waals surface area contributed by atoms with Crippen LogP contribution < -0.4 is 5.63 Å². The summed E-state index contributed by atoms with van der Waals surface area (Å²) in [6.45, 7) is 7.93. The van der Waals surface area contributed by atoms with Crippen LogP contribution in [0.3, 0.4) is 0 Å². The van der Waals surface area contributed by atoms with Crippen molar-refractivity contribution in [3.63, 3.8) is 0 Å². The van der Waals surface area contributed by atoms with Crippen molar-refractivity contribution in [1.29, 1.82) is 0 Å². The fraction of sp³-hybridized carbons (Fsp3) is 0.545. The summed E-state index contributed by atoms with van der Waals surface area (Å²) < 4.78 is 10.7. The molecule has 28 heavy (non-hydrogen) atoms. The third kappa shape index (κ3) is 4.73. The lowest BCUT2D eigenvalue weighted by molar-refractivity contribution is -0.147. The van der Waals surface area contributed by atoms with Crippen LogP contribution in [0.5, 0.6) is 5.75 Å². The number of carbonyl (C=O) groups excluding carboxylic acids is 1. The first kappa shape index (κ1) is 20.4. The van der Waals surface area contributed by atoms with Crippen LogP contribution in [0.2, 0.25) is 0 Å². The highest BCUT2D eigenvalue weighted by Gasteiger charge is 2.21. The molecular formula is C22H29NO5. The van der Waals surface area contributed by atoms with Crippen molar-refractivity contribution in [3.8, 4) is 5.75 Å². The largest absolute Gasteiger partial charge is 0.507 e. The summed E-state index contributed by atoms with van der Waals surface area (Å²) >= 11 is 0. The number of esters is 1. The zero-order valence-electron chi connectivity index (χ0n) is 16.9. The lowest BCUT2D eigenvalue weighted by Crippen LogP contribution is -2.29.